The summed E-state index contributed by atoms with van der Waals surface area (Å²) in [5, 5.41) is 2.56. The largest absolute Gasteiger partial charge is 0.343 e. The molecule has 2 heteroatoms. The van der Waals surface area contributed by atoms with Gasteiger partial charge in [0.25, 0.3) is 0 Å². The third-order valence-corrected chi connectivity index (χ3v) is 6.68. The van der Waals surface area contributed by atoms with Crippen LogP contribution < -0.4 is 0 Å². The fourth-order valence-corrected chi connectivity index (χ4v) is 4.75. The van der Waals surface area contributed by atoms with Crippen molar-refractivity contribution in [2.45, 2.75) is 20.0 Å². The Morgan fingerprint density at radius 3 is 1.76 bits per heavy atom. The van der Waals surface area contributed by atoms with Gasteiger partial charge in [-0.2, -0.15) is 0 Å². The van der Waals surface area contributed by atoms with E-state index in [0.717, 1.165) is 13.1 Å². The maximum absolute atomic E-state index is 2.36. The van der Waals surface area contributed by atoms with Crippen molar-refractivity contribution in [1.82, 2.24) is 9.13 Å². The van der Waals surface area contributed by atoms with Crippen LogP contribution in [0.1, 0.15) is 16.7 Å². The average molecular weight is 427 g/mol. The second kappa shape index (κ2) is 8.14. The Morgan fingerprint density at radius 1 is 0.545 bits per heavy atom. The fraction of sp³-hybridized carbons (Fsp3) is 0.0968. The topological polar surface area (TPSA) is 9.86 Å². The summed E-state index contributed by atoms with van der Waals surface area (Å²) < 4.78 is 4.70. The molecular weight excluding hydrogens is 400 g/mol. The van der Waals surface area contributed by atoms with Crippen molar-refractivity contribution < 1.29 is 0 Å². The van der Waals surface area contributed by atoms with E-state index in [1.165, 1.54) is 49.6 Å². The Balaban J connectivity index is 1.38. The molecule has 6 aromatic rings. The highest BCUT2D eigenvalue weighted by molar-refractivity contribution is 5.89. The van der Waals surface area contributed by atoms with Crippen LogP contribution >= 0.6 is 0 Å². The first-order chi connectivity index (χ1) is 16.2. The molecule has 0 saturated heterocycles. The zero-order chi connectivity index (χ0) is 22.2. The quantitative estimate of drug-likeness (QED) is 0.268. The molecule has 0 aliphatic heterocycles. The van der Waals surface area contributed by atoms with Crippen molar-refractivity contribution in [3.63, 3.8) is 0 Å². The molecule has 0 spiro atoms. The highest BCUT2D eigenvalue weighted by Crippen LogP contribution is 2.29. The molecule has 33 heavy (non-hydrogen) atoms. The van der Waals surface area contributed by atoms with Crippen molar-refractivity contribution in [1.29, 1.82) is 0 Å². The van der Waals surface area contributed by atoms with E-state index in [-0.39, 0.29) is 0 Å². The van der Waals surface area contributed by atoms with E-state index in [9.17, 15) is 0 Å². The lowest BCUT2D eigenvalue weighted by Gasteiger charge is -2.11. The van der Waals surface area contributed by atoms with Gasteiger partial charge in [0.2, 0.25) is 0 Å². The maximum atomic E-state index is 2.36. The predicted octanol–water partition coefficient (Wildman–Crippen LogP) is 7.67. The summed E-state index contributed by atoms with van der Waals surface area (Å²) in [6, 6.07) is 37.3. The van der Waals surface area contributed by atoms with Gasteiger partial charge in [-0.1, -0.05) is 78.9 Å². The predicted molar refractivity (Wildman–Crippen MR) is 139 cm³/mol. The van der Waals surface area contributed by atoms with Crippen molar-refractivity contribution in [2.24, 2.45) is 0 Å². The summed E-state index contributed by atoms with van der Waals surface area (Å²) in [7, 11) is 0. The SMILES string of the molecule is Cc1ccccc1Cn1ccc2ccc(-c3ccc4ccn(Cc5ccccc5)c4c3)cc21. The first-order valence-corrected chi connectivity index (χ1v) is 11.5. The van der Waals surface area contributed by atoms with Crippen molar-refractivity contribution in [3.8, 4) is 11.1 Å². The first kappa shape index (κ1) is 19.6. The molecule has 4 aromatic carbocycles. The van der Waals surface area contributed by atoms with Gasteiger partial charge in [0.15, 0.2) is 0 Å². The molecule has 0 aliphatic carbocycles. The summed E-state index contributed by atoms with van der Waals surface area (Å²) in [4.78, 5) is 0. The molecule has 0 unspecified atom stereocenters. The fourth-order valence-electron chi connectivity index (χ4n) is 4.75. The summed E-state index contributed by atoms with van der Waals surface area (Å²) in [6.07, 6.45) is 4.40. The van der Waals surface area contributed by atoms with E-state index in [0.29, 0.717) is 0 Å². The van der Waals surface area contributed by atoms with Crippen molar-refractivity contribution >= 4 is 21.8 Å². The van der Waals surface area contributed by atoms with Crippen LogP contribution in [-0.2, 0) is 13.1 Å². The number of hydrogen-bond acceptors (Lipinski definition) is 0. The van der Waals surface area contributed by atoms with Gasteiger partial charge in [-0.05, 0) is 69.8 Å². The van der Waals surface area contributed by atoms with Gasteiger partial charge in [-0.15, -0.1) is 0 Å². The van der Waals surface area contributed by atoms with Gasteiger partial charge >= 0.3 is 0 Å². The van der Waals surface area contributed by atoms with Crippen LogP contribution in [0.4, 0.5) is 0 Å². The zero-order valence-electron chi connectivity index (χ0n) is 18.8. The van der Waals surface area contributed by atoms with E-state index in [1.54, 1.807) is 0 Å². The molecule has 160 valence electrons. The molecule has 2 heterocycles. The summed E-state index contributed by atoms with van der Waals surface area (Å²) in [5.74, 6) is 0. The Morgan fingerprint density at radius 2 is 1.12 bits per heavy atom. The number of rotatable bonds is 5. The van der Waals surface area contributed by atoms with Gasteiger partial charge < -0.3 is 9.13 Å². The molecule has 0 bridgehead atoms. The van der Waals surface area contributed by atoms with E-state index in [2.05, 4.69) is 132 Å². The lowest BCUT2D eigenvalue weighted by atomic mass is 10.0. The van der Waals surface area contributed by atoms with Crippen LogP contribution in [0, 0.1) is 6.92 Å². The molecule has 0 atom stereocenters. The first-order valence-electron chi connectivity index (χ1n) is 11.5. The second-order valence-corrected chi connectivity index (χ2v) is 8.85. The van der Waals surface area contributed by atoms with E-state index < -0.39 is 0 Å². The lowest BCUT2D eigenvalue weighted by molar-refractivity contribution is 0.830. The standard InChI is InChI=1S/C31H26N2/c1-23-7-5-6-10-29(23)22-33-18-16-26-12-14-28(20-31(26)33)27-13-11-25-15-17-32(30(25)19-27)21-24-8-3-2-4-9-24/h2-20H,21-22H2,1H3. The molecule has 0 amide bonds. The average Bonchev–Trinajstić information content (AvgIpc) is 3.44. The summed E-state index contributed by atoms with van der Waals surface area (Å²) in [6.45, 7) is 3.96. The second-order valence-electron chi connectivity index (χ2n) is 8.85. The molecule has 2 aromatic heterocycles. The third-order valence-electron chi connectivity index (χ3n) is 6.68. The number of aryl methyl sites for hydroxylation is 1. The van der Waals surface area contributed by atoms with Crippen molar-refractivity contribution in [3.05, 3.63) is 132 Å². The van der Waals surface area contributed by atoms with Crippen molar-refractivity contribution in [2.75, 3.05) is 0 Å². The molecule has 2 nitrogen and oxygen atoms in total. The van der Waals surface area contributed by atoms with Gasteiger partial charge in [0.05, 0.1) is 0 Å². The van der Waals surface area contributed by atoms with Crippen LogP contribution in [0.2, 0.25) is 0 Å². The Labute approximate surface area is 194 Å². The molecule has 0 radical (unpaired) electrons. The van der Waals surface area contributed by atoms with Crippen LogP contribution in [-0.4, -0.2) is 9.13 Å². The smallest absolute Gasteiger partial charge is 0.0489 e. The van der Waals surface area contributed by atoms with E-state index in [1.807, 2.05) is 0 Å². The summed E-state index contributed by atoms with van der Waals surface area (Å²) in [5.41, 5.74) is 9.06. The van der Waals surface area contributed by atoms with E-state index >= 15 is 0 Å². The zero-order valence-corrected chi connectivity index (χ0v) is 18.8. The number of nitrogens with zero attached hydrogens (tertiary/aromatic N) is 2. The molecule has 0 N–H and O–H groups in total. The van der Waals surface area contributed by atoms with Crippen LogP contribution in [0.15, 0.2) is 116 Å². The highest BCUT2D eigenvalue weighted by atomic mass is 15.0. The monoisotopic (exact) mass is 426 g/mol. The highest BCUT2D eigenvalue weighted by Gasteiger charge is 2.08. The number of aromatic nitrogens is 2. The molecular formula is C31H26N2. The minimum atomic E-state index is 0.881. The van der Waals surface area contributed by atoms with E-state index in [4.69, 9.17) is 0 Å². The third kappa shape index (κ3) is 3.74. The van der Waals surface area contributed by atoms with Gasteiger partial charge in [0, 0.05) is 36.5 Å². The maximum Gasteiger partial charge on any atom is 0.0489 e. The number of hydrogen-bond donors (Lipinski definition) is 0. The number of benzene rings is 4. The molecule has 0 saturated carbocycles. The van der Waals surface area contributed by atoms with Crippen LogP contribution in [0.3, 0.4) is 0 Å². The summed E-state index contributed by atoms with van der Waals surface area (Å²) >= 11 is 0. The molecule has 6 rings (SSSR count). The van der Waals surface area contributed by atoms with Crippen LogP contribution in [0.5, 0.6) is 0 Å². The van der Waals surface area contributed by atoms with Crippen LogP contribution in [0.25, 0.3) is 32.9 Å². The Hall–Kier alpha value is -4.04. The lowest BCUT2D eigenvalue weighted by Crippen LogP contribution is -2.00. The Bertz CT molecular complexity index is 1570. The van der Waals surface area contributed by atoms with Gasteiger partial charge in [0.1, 0.15) is 0 Å². The minimum absolute atomic E-state index is 0.881. The normalized spacial score (nSPS) is 11.4. The molecule has 0 aliphatic rings. The molecule has 0 fully saturated rings. The Kier molecular flexibility index (Phi) is 4.84. The van der Waals surface area contributed by atoms with Gasteiger partial charge in [-0.3, -0.25) is 0 Å². The van der Waals surface area contributed by atoms with Gasteiger partial charge in [-0.25, -0.2) is 0 Å². The minimum Gasteiger partial charge on any atom is -0.343 e. The number of fused-ring (bicyclic) bond motifs is 2.